The molecular weight excluding hydrogens is 292 g/mol. The van der Waals surface area contributed by atoms with Crippen molar-refractivity contribution in [1.82, 2.24) is 20.0 Å². The highest BCUT2D eigenvalue weighted by Gasteiger charge is 2.24. The van der Waals surface area contributed by atoms with Crippen LogP contribution in [0.25, 0.3) is 0 Å². The fourth-order valence-electron chi connectivity index (χ4n) is 3.16. The molecule has 2 rings (SSSR count). The Balaban J connectivity index is 1.62. The minimum absolute atomic E-state index is 0.00909. The lowest BCUT2D eigenvalue weighted by atomic mass is 10.1. The Bertz CT molecular complexity index is 386. The quantitative estimate of drug-likeness (QED) is 0.803. The third kappa shape index (κ3) is 6.01. The first-order chi connectivity index (χ1) is 11.1. The van der Waals surface area contributed by atoms with Crippen LogP contribution >= 0.6 is 0 Å². The van der Waals surface area contributed by atoms with E-state index < -0.39 is 0 Å². The summed E-state index contributed by atoms with van der Waals surface area (Å²) in [5, 5.41) is 2.97. The predicted molar refractivity (Wildman–Crippen MR) is 91.3 cm³/mol. The summed E-state index contributed by atoms with van der Waals surface area (Å²) in [5.41, 5.74) is 0. The van der Waals surface area contributed by atoms with Gasteiger partial charge in [0, 0.05) is 45.7 Å². The van der Waals surface area contributed by atoms with Gasteiger partial charge in [-0.15, -0.1) is 0 Å². The molecule has 6 heteroatoms. The molecule has 0 atom stereocenters. The molecule has 0 saturated carbocycles. The molecule has 0 aromatic rings. The van der Waals surface area contributed by atoms with Crippen LogP contribution in [0.3, 0.4) is 0 Å². The normalized spacial score (nSPS) is 19.4. The maximum Gasteiger partial charge on any atom is 0.317 e. The van der Waals surface area contributed by atoms with E-state index in [1.54, 1.807) is 0 Å². The molecular formula is C17H32N4O2. The first kappa shape index (κ1) is 18.0. The summed E-state index contributed by atoms with van der Waals surface area (Å²) in [4.78, 5) is 30.4. The zero-order valence-corrected chi connectivity index (χ0v) is 14.7. The molecule has 132 valence electrons. The number of nitrogens with zero attached hydrogens (tertiary/aromatic N) is 3. The monoisotopic (exact) mass is 324 g/mol. The zero-order valence-electron chi connectivity index (χ0n) is 14.7. The van der Waals surface area contributed by atoms with Crippen LogP contribution in [0.1, 0.15) is 39.5 Å². The smallest absolute Gasteiger partial charge is 0.317 e. The van der Waals surface area contributed by atoms with Gasteiger partial charge in [-0.3, -0.25) is 4.79 Å². The number of hydrogen-bond acceptors (Lipinski definition) is 3. The Morgan fingerprint density at radius 3 is 2.17 bits per heavy atom. The molecule has 0 bridgehead atoms. The van der Waals surface area contributed by atoms with Crippen LogP contribution in [0.2, 0.25) is 0 Å². The molecule has 2 heterocycles. The molecule has 6 nitrogen and oxygen atoms in total. The molecule has 2 aliphatic rings. The van der Waals surface area contributed by atoms with Crippen molar-refractivity contribution in [2.24, 2.45) is 5.92 Å². The van der Waals surface area contributed by atoms with Crippen molar-refractivity contribution >= 4 is 11.9 Å². The molecule has 2 fully saturated rings. The molecule has 3 amide bonds. The van der Waals surface area contributed by atoms with E-state index in [4.69, 9.17) is 0 Å². The molecule has 1 N–H and O–H groups in total. The Morgan fingerprint density at radius 1 is 0.957 bits per heavy atom. The highest BCUT2D eigenvalue weighted by Crippen LogP contribution is 2.09. The Kier molecular flexibility index (Phi) is 7.15. The minimum atomic E-state index is 0.00909. The van der Waals surface area contributed by atoms with Crippen LogP contribution < -0.4 is 5.32 Å². The molecule has 0 aliphatic carbocycles. The number of hydrogen-bond donors (Lipinski definition) is 1. The molecule has 0 aromatic heterocycles. The van der Waals surface area contributed by atoms with Crippen molar-refractivity contribution in [3.05, 3.63) is 0 Å². The summed E-state index contributed by atoms with van der Waals surface area (Å²) in [6.07, 6.45) is 4.14. The number of amides is 3. The molecule has 0 aromatic carbocycles. The largest absolute Gasteiger partial charge is 0.339 e. The highest BCUT2D eigenvalue weighted by molar-refractivity contribution is 5.77. The fraction of sp³-hybridized carbons (Fsp3) is 0.882. The number of rotatable bonds is 6. The van der Waals surface area contributed by atoms with E-state index in [2.05, 4.69) is 24.1 Å². The number of likely N-dealkylation sites (tertiary alicyclic amines) is 1. The van der Waals surface area contributed by atoms with Crippen LogP contribution in [0.15, 0.2) is 0 Å². The van der Waals surface area contributed by atoms with E-state index in [1.165, 1.54) is 12.8 Å². The van der Waals surface area contributed by atoms with E-state index >= 15 is 0 Å². The van der Waals surface area contributed by atoms with Crippen molar-refractivity contribution in [3.63, 3.8) is 0 Å². The van der Waals surface area contributed by atoms with E-state index in [0.29, 0.717) is 38.5 Å². The third-order valence-corrected chi connectivity index (χ3v) is 4.76. The summed E-state index contributed by atoms with van der Waals surface area (Å²) in [5.74, 6) is 0.831. The topological polar surface area (TPSA) is 55.9 Å². The van der Waals surface area contributed by atoms with E-state index in [-0.39, 0.29) is 11.9 Å². The van der Waals surface area contributed by atoms with Gasteiger partial charge in [-0.2, -0.15) is 0 Å². The van der Waals surface area contributed by atoms with E-state index in [9.17, 15) is 9.59 Å². The van der Waals surface area contributed by atoms with Gasteiger partial charge in [-0.05, 0) is 38.3 Å². The Hall–Kier alpha value is -1.30. The summed E-state index contributed by atoms with van der Waals surface area (Å²) in [6.45, 7) is 10.8. The van der Waals surface area contributed by atoms with Gasteiger partial charge in [-0.25, -0.2) is 4.79 Å². The van der Waals surface area contributed by atoms with Crippen LogP contribution in [-0.2, 0) is 4.79 Å². The average Bonchev–Trinajstić information content (AvgIpc) is 3.05. The van der Waals surface area contributed by atoms with Crippen molar-refractivity contribution in [2.45, 2.75) is 39.5 Å². The zero-order chi connectivity index (χ0) is 16.7. The van der Waals surface area contributed by atoms with Crippen molar-refractivity contribution in [1.29, 1.82) is 0 Å². The molecule has 0 spiro atoms. The SMILES string of the molecule is CC(C)CCNC(=O)N1CCN(C(=O)CCN2CCCC2)CC1. The first-order valence-electron chi connectivity index (χ1n) is 9.09. The van der Waals surface area contributed by atoms with Crippen LogP contribution in [0.5, 0.6) is 0 Å². The second kappa shape index (κ2) is 9.11. The minimum Gasteiger partial charge on any atom is -0.339 e. The highest BCUT2D eigenvalue weighted by atomic mass is 16.2. The first-order valence-corrected chi connectivity index (χ1v) is 9.09. The number of nitrogens with one attached hydrogen (secondary N) is 1. The number of piperazine rings is 1. The summed E-state index contributed by atoms with van der Waals surface area (Å²) < 4.78 is 0. The molecule has 2 aliphatic heterocycles. The van der Waals surface area contributed by atoms with E-state index in [1.807, 2.05) is 9.80 Å². The fourth-order valence-corrected chi connectivity index (χ4v) is 3.16. The standard InChI is InChI=1S/C17H32N4O2/c1-15(2)5-7-18-17(23)21-13-11-20(12-14-21)16(22)6-10-19-8-3-4-9-19/h15H,3-14H2,1-2H3,(H,18,23). The molecule has 0 radical (unpaired) electrons. The second-order valence-corrected chi connectivity index (χ2v) is 7.08. The Morgan fingerprint density at radius 2 is 1.57 bits per heavy atom. The number of carbonyl (C=O) groups is 2. The van der Waals surface area contributed by atoms with Gasteiger partial charge < -0.3 is 20.0 Å². The molecule has 2 saturated heterocycles. The second-order valence-electron chi connectivity index (χ2n) is 7.08. The van der Waals surface area contributed by atoms with Crippen molar-refractivity contribution < 1.29 is 9.59 Å². The van der Waals surface area contributed by atoms with E-state index in [0.717, 1.165) is 32.6 Å². The average molecular weight is 324 g/mol. The predicted octanol–water partition coefficient (Wildman–Crippen LogP) is 1.37. The summed E-state index contributed by atoms with van der Waals surface area (Å²) in [7, 11) is 0. The molecule has 23 heavy (non-hydrogen) atoms. The molecule has 0 unspecified atom stereocenters. The lowest BCUT2D eigenvalue weighted by molar-refractivity contribution is -0.132. The summed E-state index contributed by atoms with van der Waals surface area (Å²) in [6, 6.07) is 0.00909. The summed E-state index contributed by atoms with van der Waals surface area (Å²) >= 11 is 0. The lowest BCUT2D eigenvalue weighted by Crippen LogP contribution is -2.53. The number of carbonyl (C=O) groups excluding carboxylic acids is 2. The maximum atomic E-state index is 12.3. The van der Waals surface area contributed by atoms with Gasteiger partial charge in [0.05, 0.1) is 0 Å². The van der Waals surface area contributed by atoms with Gasteiger partial charge in [0.25, 0.3) is 0 Å². The maximum absolute atomic E-state index is 12.3. The van der Waals surface area contributed by atoms with Gasteiger partial charge in [-0.1, -0.05) is 13.8 Å². The van der Waals surface area contributed by atoms with Gasteiger partial charge in [0.15, 0.2) is 0 Å². The van der Waals surface area contributed by atoms with Crippen LogP contribution in [0.4, 0.5) is 4.79 Å². The van der Waals surface area contributed by atoms with Crippen molar-refractivity contribution in [2.75, 3.05) is 52.4 Å². The lowest BCUT2D eigenvalue weighted by Gasteiger charge is -2.35. The van der Waals surface area contributed by atoms with Gasteiger partial charge in [0.1, 0.15) is 0 Å². The van der Waals surface area contributed by atoms with Crippen LogP contribution in [0, 0.1) is 5.92 Å². The van der Waals surface area contributed by atoms with Crippen molar-refractivity contribution in [3.8, 4) is 0 Å². The van der Waals surface area contributed by atoms with Crippen LogP contribution in [-0.4, -0.2) is 79.0 Å². The third-order valence-electron chi connectivity index (χ3n) is 4.76. The number of urea groups is 1. The van der Waals surface area contributed by atoms with Gasteiger partial charge >= 0.3 is 6.03 Å². The van der Waals surface area contributed by atoms with Gasteiger partial charge in [0.2, 0.25) is 5.91 Å². The Labute approximate surface area is 140 Å².